The summed E-state index contributed by atoms with van der Waals surface area (Å²) < 4.78 is 0.811. The molecule has 0 radical (unpaired) electrons. The van der Waals surface area contributed by atoms with Gasteiger partial charge in [0.2, 0.25) is 11.8 Å². The van der Waals surface area contributed by atoms with Crippen LogP contribution in [0.1, 0.15) is 17.9 Å². The zero-order chi connectivity index (χ0) is 20.1. The van der Waals surface area contributed by atoms with E-state index in [0.29, 0.717) is 21.3 Å². The van der Waals surface area contributed by atoms with Gasteiger partial charge in [0, 0.05) is 16.8 Å². The second kappa shape index (κ2) is 9.28. The molecule has 1 aliphatic rings. The fourth-order valence-corrected chi connectivity index (χ4v) is 4.42. The van der Waals surface area contributed by atoms with E-state index in [2.05, 4.69) is 32.6 Å². The Balaban J connectivity index is 1.74. The Morgan fingerprint density at radius 2 is 2.07 bits per heavy atom. The van der Waals surface area contributed by atoms with E-state index in [1.807, 2.05) is 30.3 Å². The molecule has 0 unspecified atom stereocenters. The first-order chi connectivity index (χ1) is 13.5. The van der Waals surface area contributed by atoms with Crippen molar-refractivity contribution in [2.24, 2.45) is 0 Å². The molecule has 0 aliphatic carbocycles. The molecule has 5 nitrogen and oxygen atoms in total. The molecule has 2 amide bonds. The van der Waals surface area contributed by atoms with E-state index in [0.717, 1.165) is 21.8 Å². The number of benzene rings is 2. The first kappa shape index (κ1) is 20.5. The lowest BCUT2D eigenvalue weighted by atomic mass is 9.87. The van der Waals surface area contributed by atoms with Crippen molar-refractivity contribution in [1.82, 2.24) is 5.32 Å². The number of anilines is 1. The monoisotopic (exact) mass is 475 g/mol. The lowest BCUT2D eigenvalue weighted by Crippen LogP contribution is -2.31. The number of nitriles is 1. The zero-order valence-corrected chi connectivity index (χ0v) is 17.7. The molecule has 2 aromatic carbocycles. The minimum absolute atomic E-state index is 0.0364. The number of hydrogen-bond acceptors (Lipinski definition) is 4. The minimum atomic E-state index is -0.313. The van der Waals surface area contributed by atoms with Gasteiger partial charge in [-0.3, -0.25) is 9.59 Å². The third-order valence-electron chi connectivity index (χ3n) is 4.11. The Labute approximate surface area is 180 Å². The van der Waals surface area contributed by atoms with Crippen molar-refractivity contribution < 1.29 is 9.59 Å². The number of allylic oxidation sites excluding steroid dienone is 1. The predicted molar refractivity (Wildman–Crippen MR) is 115 cm³/mol. The van der Waals surface area contributed by atoms with Crippen molar-refractivity contribution in [3.63, 3.8) is 0 Å². The average molecular weight is 477 g/mol. The van der Waals surface area contributed by atoms with Gasteiger partial charge in [0.05, 0.1) is 33.1 Å². The molecule has 0 spiro atoms. The Hall–Kier alpha value is -2.27. The molecule has 1 atom stereocenters. The summed E-state index contributed by atoms with van der Waals surface area (Å²) in [6, 6.07) is 16.8. The van der Waals surface area contributed by atoms with E-state index >= 15 is 0 Å². The fourth-order valence-electron chi connectivity index (χ4n) is 2.82. The molecule has 0 bridgehead atoms. The van der Waals surface area contributed by atoms with Gasteiger partial charge in [-0.1, -0.05) is 69.6 Å². The van der Waals surface area contributed by atoms with Gasteiger partial charge < -0.3 is 10.6 Å². The highest BCUT2D eigenvalue weighted by Crippen LogP contribution is 2.36. The van der Waals surface area contributed by atoms with Crippen LogP contribution in [0.5, 0.6) is 0 Å². The number of nitrogens with zero attached hydrogens (tertiary/aromatic N) is 1. The number of amides is 2. The lowest BCUT2D eigenvalue weighted by Gasteiger charge is -2.25. The normalized spacial score (nSPS) is 16.3. The summed E-state index contributed by atoms with van der Waals surface area (Å²) in [6.45, 7) is 0. The first-order valence-electron chi connectivity index (χ1n) is 8.34. The largest absolute Gasteiger partial charge is 0.324 e. The molecule has 142 valence electrons. The maximum absolute atomic E-state index is 12.3. The van der Waals surface area contributed by atoms with Gasteiger partial charge in [-0.25, -0.2) is 0 Å². The zero-order valence-electron chi connectivity index (χ0n) is 14.5. The van der Waals surface area contributed by atoms with Crippen molar-refractivity contribution in [3.05, 3.63) is 74.2 Å². The summed E-state index contributed by atoms with van der Waals surface area (Å²) >= 11 is 10.6. The van der Waals surface area contributed by atoms with Crippen molar-refractivity contribution in [2.75, 3.05) is 11.1 Å². The summed E-state index contributed by atoms with van der Waals surface area (Å²) in [6.07, 6.45) is 0.206. The summed E-state index contributed by atoms with van der Waals surface area (Å²) in [4.78, 5) is 24.4. The second-order valence-corrected chi connectivity index (χ2v) is 8.34. The number of halogens is 2. The van der Waals surface area contributed by atoms with Gasteiger partial charge in [0.15, 0.2) is 0 Å². The van der Waals surface area contributed by atoms with Gasteiger partial charge in [-0.2, -0.15) is 5.26 Å². The minimum Gasteiger partial charge on any atom is -0.324 e. The van der Waals surface area contributed by atoms with Crippen molar-refractivity contribution >= 4 is 56.8 Å². The summed E-state index contributed by atoms with van der Waals surface area (Å²) in [7, 11) is 0. The van der Waals surface area contributed by atoms with Crippen LogP contribution < -0.4 is 10.6 Å². The van der Waals surface area contributed by atoms with Gasteiger partial charge in [0.1, 0.15) is 0 Å². The van der Waals surface area contributed by atoms with Crippen LogP contribution in [0.4, 0.5) is 5.69 Å². The van der Waals surface area contributed by atoms with Crippen molar-refractivity contribution in [1.29, 1.82) is 5.26 Å². The van der Waals surface area contributed by atoms with E-state index in [4.69, 9.17) is 11.6 Å². The van der Waals surface area contributed by atoms with Crippen LogP contribution in [-0.2, 0) is 9.59 Å². The molecular formula is C20H15BrClN3O2S. The fraction of sp³-hybridized carbons (Fsp3) is 0.150. The summed E-state index contributed by atoms with van der Waals surface area (Å²) in [5.74, 6) is -0.734. The third-order valence-corrected chi connectivity index (χ3v) is 5.93. The van der Waals surface area contributed by atoms with E-state index in [-0.39, 0.29) is 29.9 Å². The predicted octanol–water partition coefficient (Wildman–Crippen LogP) is 4.81. The average Bonchev–Trinajstić information content (AvgIpc) is 2.68. The SMILES string of the molecule is N#CC1=C(SCC(=O)Nc2ccc(Br)cc2Cl)NC(=O)C[C@@H]1c1ccccc1. The number of rotatable bonds is 5. The topological polar surface area (TPSA) is 82.0 Å². The maximum atomic E-state index is 12.3. The molecule has 0 saturated heterocycles. The van der Waals surface area contributed by atoms with Crippen LogP contribution in [0.15, 0.2) is 63.6 Å². The van der Waals surface area contributed by atoms with Crippen molar-refractivity contribution in [3.8, 4) is 6.07 Å². The molecule has 1 aliphatic heterocycles. The Morgan fingerprint density at radius 1 is 1.32 bits per heavy atom. The number of hydrogen-bond donors (Lipinski definition) is 2. The van der Waals surface area contributed by atoms with E-state index in [9.17, 15) is 14.9 Å². The molecule has 0 fully saturated rings. The van der Waals surface area contributed by atoms with Crippen LogP contribution >= 0.6 is 39.3 Å². The molecule has 1 heterocycles. The molecule has 0 aromatic heterocycles. The van der Waals surface area contributed by atoms with Gasteiger partial charge in [-0.05, 0) is 23.8 Å². The summed E-state index contributed by atoms with van der Waals surface area (Å²) in [5.41, 5.74) is 1.86. The molecule has 3 rings (SSSR count). The van der Waals surface area contributed by atoms with Gasteiger partial charge in [-0.15, -0.1) is 0 Å². The second-order valence-electron chi connectivity index (χ2n) is 6.03. The van der Waals surface area contributed by atoms with Crippen LogP contribution in [0, 0.1) is 11.3 Å². The Morgan fingerprint density at radius 3 is 2.75 bits per heavy atom. The van der Waals surface area contributed by atoms with Gasteiger partial charge in [0.25, 0.3) is 0 Å². The smallest absolute Gasteiger partial charge is 0.234 e. The maximum Gasteiger partial charge on any atom is 0.234 e. The van der Waals surface area contributed by atoms with Crippen molar-refractivity contribution in [2.45, 2.75) is 12.3 Å². The third kappa shape index (κ3) is 4.96. The molecule has 2 aromatic rings. The highest BCUT2D eigenvalue weighted by molar-refractivity contribution is 9.10. The molecular weight excluding hydrogens is 462 g/mol. The Bertz CT molecular complexity index is 989. The van der Waals surface area contributed by atoms with E-state index in [1.165, 1.54) is 0 Å². The van der Waals surface area contributed by atoms with Crippen LogP contribution in [0.25, 0.3) is 0 Å². The lowest BCUT2D eigenvalue weighted by molar-refractivity contribution is -0.121. The Kier molecular flexibility index (Phi) is 6.79. The molecule has 28 heavy (non-hydrogen) atoms. The first-order valence-corrected chi connectivity index (χ1v) is 10.5. The number of carbonyl (C=O) groups is 2. The van der Waals surface area contributed by atoms with Crippen LogP contribution in [0.3, 0.4) is 0 Å². The highest BCUT2D eigenvalue weighted by atomic mass is 79.9. The number of thioether (sulfide) groups is 1. The molecule has 2 N–H and O–H groups in total. The summed E-state index contributed by atoms with van der Waals surface area (Å²) in [5, 5.41) is 15.9. The standard InChI is InChI=1S/C20H15BrClN3O2S/c21-13-6-7-17(16(22)8-13)24-19(27)11-28-20-15(10-23)14(9-18(26)25-20)12-4-2-1-3-5-12/h1-8,14H,9,11H2,(H,24,27)(H,25,26)/t14-/m1/s1. The van der Waals surface area contributed by atoms with Crippen LogP contribution in [-0.4, -0.2) is 17.6 Å². The molecule has 0 saturated carbocycles. The van der Waals surface area contributed by atoms with Crippen LogP contribution in [0.2, 0.25) is 5.02 Å². The molecule has 8 heteroatoms. The van der Waals surface area contributed by atoms with E-state index in [1.54, 1.807) is 18.2 Å². The highest BCUT2D eigenvalue weighted by Gasteiger charge is 2.29. The van der Waals surface area contributed by atoms with Gasteiger partial charge >= 0.3 is 0 Å². The number of nitrogens with one attached hydrogen (secondary N) is 2. The van der Waals surface area contributed by atoms with E-state index < -0.39 is 0 Å². The quantitative estimate of drug-likeness (QED) is 0.648. The number of carbonyl (C=O) groups excluding carboxylic acids is 2.